The Balaban J connectivity index is 1.57. The van der Waals surface area contributed by atoms with Gasteiger partial charge in [-0.1, -0.05) is 0 Å². The Bertz CT molecular complexity index is 812. The minimum Gasteiger partial charge on any atom is -0.391 e. The Morgan fingerprint density at radius 3 is 2.89 bits per heavy atom. The van der Waals surface area contributed by atoms with E-state index in [0.717, 1.165) is 43.1 Å². The van der Waals surface area contributed by atoms with Gasteiger partial charge in [-0.15, -0.1) is 0 Å². The van der Waals surface area contributed by atoms with Gasteiger partial charge in [0.05, 0.1) is 6.10 Å². The Morgan fingerprint density at radius 2 is 2.07 bits per heavy atom. The molecule has 8 nitrogen and oxygen atoms in total. The number of pyridine rings is 1. The van der Waals surface area contributed by atoms with Gasteiger partial charge in [-0.05, 0) is 38.6 Å². The fraction of sp³-hybridized carbons (Fsp3) is 0.526. The van der Waals surface area contributed by atoms with Crippen LogP contribution >= 0.6 is 0 Å². The summed E-state index contributed by atoms with van der Waals surface area (Å²) in [5.74, 6) is 2.35. The maximum Gasteiger partial charge on any atom is 0.134 e. The summed E-state index contributed by atoms with van der Waals surface area (Å²) in [5, 5.41) is 10.2. The fourth-order valence-electron chi connectivity index (χ4n) is 4.12. The molecule has 1 fully saturated rings. The quantitative estimate of drug-likeness (QED) is 0.805. The molecule has 0 aliphatic carbocycles. The van der Waals surface area contributed by atoms with E-state index in [9.17, 15) is 5.11 Å². The minimum absolute atomic E-state index is 0.250. The van der Waals surface area contributed by atoms with E-state index < -0.39 is 0 Å². The van der Waals surface area contributed by atoms with Gasteiger partial charge in [0.15, 0.2) is 0 Å². The van der Waals surface area contributed by atoms with Crippen molar-refractivity contribution in [1.82, 2.24) is 19.9 Å². The molecule has 0 aromatic carbocycles. The molecular weight excluding hydrogens is 342 g/mol. The van der Waals surface area contributed by atoms with E-state index in [1.807, 2.05) is 12.1 Å². The first-order chi connectivity index (χ1) is 13.0. The van der Waals surface area contributed by atoms with Gasteiger partial charge in [-0.3, -0.25) is 0 Å². The van der Waals surface area contributed by atoms with Crippen molar-refractivity contribution < 1.29 is 5.11 Å². The number of aliphatic hydroxyl groups is 1. The molecule has 4 heterocycles. The van der Waals surface area contributed by atoms with E-state index in [1.54, 1.807) is 12.5 Å². The number of anilines is 3. The van der Waals surface area contributed by atoms with Crippen molar-refractivity contribution in [1.29, 1.82) is 0 Å². The molecule has 0 spiro atoms. The van der Waals surface area contributed by atoms with Crippen molar-refractivity contribution >= 4 is 17.5 Å². The van der Waals surface area contributed by atoms with Gasteiger partial charge in [-0.25, -0.2) is 15.0 Å². The highest BCUT2D eigenvalue weighted by atomic mass is 16.3. The molecule has 2 aromatic rings. The molecule has 0 saturated carbocycles. The third kappa shape index (κ3) is 3.68. The average molecular weight is 369 g/mol. The number of aliphatic hydroxyl groups excluding tert-OH is 1. The summed E-state index contributed by atoms with van der Waals surface area (Å²) in [4.78, 5) is 19.8. The number of hydrogen-bond acceptors (Lipinski definition) is 8. The zero-order chi connectivity index (χ0) is 19.0. The predicted octanol–water partition coefficient (Wildman–Crippen LogP) is 0.518. The summed E-state index contributed by atoms with van der Waals surface area (Å²) >= 11 is 0. The standard InChI is InChI=1S/C19H27N7O/c1-24(2)9-14-7-15(27)10-26(14)18-8-17(22-12-23-18)25-6-4-13-3-5-21-19(20)16(13)11-25/h3,5,8,12,14-15,27H,4,6-7,9-11H2,1-2H3,(H2,20,21)/t14-,15-/m1/s1. The fourth-order valence-corrected chi connectivity index (χ4v) is 4.12. The molecule has 0 unspecified atom stereocenters. The van der Waals surface area contributed by atoms with E-state index in [4.69, 9.17) is 5.73 Å². The van der Waals surface area contributed by atoms with Gasteiger partial charge in [0, 0.05) is 50.0 Å². The number of rotatable bonds is 4. The second-order valence-electron chi connectivity index (χ2n) is 7.70. The molecule has 0 bridgehead atoms. The third-order valence-corrected chi connectivity index (χ3v) is 5.41. The Morgan fingerprint density at radius 1 is 1.26 bits per heavy atom. The van der Waals surface area contributed by atoms with Gasteiger partial charge in [-0.2, -0.15) is 0 Å². The highest BCUT2D eigenvalue weighted by Crippen LogP contribution is 2.29. The molecule has 2 aliphatic heterocycles. The highest BCUT2D eigenvalue weighted by molar-refractivity contribution is 5.55. The number of hydrogen-bond donors (Lipinski definition) is 2. The van der Waals surface area contributed by atoms with Gasteiger partial charge in [0.1, 0.15) is 23.8 Å². The van der Waals surface area contributed by atoms with Crippen LogP contribution in [-0.4, -0.2) is 70.8 Å². The van der Waals surface area contributed by atoms with Crippen LogP contribution in [0.2, 0.25) is 0 Å². The summed E-state index contributed by atoms with van der Waals surface area (Å²) in [7, 11) is 4.11. The van der Waals surface area contributed by atoms with Crippen LogP contribution < -0.4 is 15.5 Å². The van der Waals surface area contributed by atoms with Gasteiger partial charge in [0.2, 0.25) is 0 Å². The first-order valence-corrected chi connectivity index (χ1v) is 9.40. The molecule has 0 radical (unpaired) electrons. The van der Waals surface area contributed by atoms with E-state index in [2.05, 4.69) is 43.7 Å². The number of likely N-dealkylation sites (N-methyl/N-ethyl adjacent to an activating group) is 1. The SMILES string of the molecule is CN(C)C[C@H]1C[C@@H](O)CN1c1cc(N2CCc3ccnc(N)c3C2)ncn1. The molecule has 2 aromatic heterocycles. The first kappa shape index (κ1) is 17.9. The lowest BCUT2D eigenvalue weighted by molar-refractivity contribution is 0.191. The molecule has 8 heteroatoms. The first-order valence-electron chi connectivity index (χ1n) is 9.40. The molecule has 2 atom stereocenters. The van der Waals surface area contributed by atoms with Crippen LogP contribution in [-0.2, 0) is 13.0 Å². The molecule has 1 saturated heterocycles. The van der Waals surface area contributed by atoms with Crippen molar-refractivity contribution in [2.75, 3.05) is 49.3 Å². The minimum atomic E-state index is -0.318. The monoisotopic (exact) mass is 369 g/mol. The maximum absolute atomic E-state index is 10.2. The second-order valence-corrected chi connectivity index (χ2v) is 7.70. The van der Waals surface area contributed by atoms with Crippen LogP contribution in [0.25, 0.3) is 0 Å². The summed E-state index contributed by atoms with van der Waals surface area (Å²) in [5.41, 5.74) is 8.43. The molecule has 3 N–H and O–H groups in total. The zero-order valence-electron chi connectivity index (χ0n) is 15.9. The lowest BCUT2D eigenvalue weighted by Crippen LogP contribution is -2.38. The molecular formula is C19H27N7O. The number of fused-ring (bicyclic) bond motifs is 1. The lowest BCUT2D eigenvalue weighted by Gasteiger charge is -2.32. The second kappa shape index (κ2) is 7.28. The van der Waals surface area contributed by atoms with Gasteiger partial charge < -0.3 is 25.5 Å². The number of aromatic nitrogens is 3. The number of β-amino-alcohol motifs (C(OH)–C–C–N with tert-alkyl or cyclic N) is 1. The largest absolute Gasteiger partial charge is 0.391 e. The summed E-state index contributed by atoms with van der Waals surface area (Å²) < 4.78 is 0. The van der Waals surface area contributed by atoms with E-state index in [0.29, 0.717) is 18.9 Å². The van der Waals surface area contributed by atoms with Crippen LogP contribution in [0.3, 0.4) is 0 Å². The van der Waals surface area contributed by atoms with Crippen molar-refractivity contribution in [3.8, 4) is 0 Å². The topological polar surface area (TPSA) is 94.6 Å². The van der Waals surface area contributed by atoms with Gasteiger partial charge in [0.25, 0.3) is 0 Å². The Kier molecular flexibility index (Phi) is 4.84. The molecule has 2 aliphatic rings. The zero-order valence-corrected chi connectivity index (χ0v) is 15.9. The van der Waals surface area contributed by atoms with Crippen LogP contribution in [0.1, 0.15) is 17.5 Å². The van der Waals surface area contributed by atoms with Crippen LogP contribution in [0.4, 0.5) is 17.5 Å². The van der Waals surface area contributed by atoms with E-state index in [-0.39, 0.29) is 12.1 Å². The summed E-state index contributed by atoms with van der Waals surface area (Å²) in [6.45, 7) is 3.08. The molecule has 144 valence electrons. The van der Waals surface area contributed by atoms with Crippen molar-refractivity contribution in [3.05, 3.63) is 35.8 Å². The van der Waals surface area contributed by atoms with Crippen LogP contribution in [0.5, 0.6) is 0 Å². The number of nitrogens with zero attached hydrogens (tertiary/aromatic N) is 6. The average Bonchev–Trinajstić information content (AvgIpc) is 3.01. The molecule has 4 rings (SSSR count). The normalized spacial score (nSPS) is 22.4. The van der Waals surface area contributed by atoms with E-state index >= 15 is 0 Å². The Hall–Kier alpha value is -2.45. The Labute approximate surface area is 159 Å². The van der Waals surface area contributed by atoms with Crippen molar-refractivity contribution in [2.24, 2.45) is 0 Å². The maximum atomic E-state index is 10.2. The van der Waals surface area contributed by atoms with Crippen LogP contribution in [0.15, 0.2) is 24.7 Å². The number of nitrogen functional groups attached to an aromatic ring is 1. The lowest BCUT2D eigenvalue weighted by atomic mass is 10.0. The van der Waals surface area contributed by atoms with Crippen LogP contribution in [0, 0.1) is 0 Å². The predicted molar refractivity (Wildman–Crippen MR) is 106 cm³/mol. The highest BCUT2D eigenvalue weighted by Gasteiger charge is 2.32. The van der Waals surface area contributed by atoms with Gasteiger partial charge >= 0.3 is 0 Å². The van der Waals surface area contributed by atoms with E-state index in [1.165, 1.54) is 5.56 Å². The van der Waals surface area contributed by atoms with Crippen molar-refractivity contribution in [3.63, 3.8) is 0 Å². The number of nitrogens with two attached hydrogens (primary N) is 1. The third-order valence-electron chi connectivity index (χ3n) is 5.41. The summed E-state index contributed by atoms with van der Waals surface area (Å²) in [6, 6.07) is 4.32. The molecule has 27 heavy (non-hydrogen) atoms. The smallest absolute Gasteiger partial charge is 0.134 e. The molecule has 0 amide bonds. The van der Waals surface area contributed by atoms with Crippen molar-refractivity contribution in [2.45, 2.75) is 31.5 Å². The summed E-state index contributed by atoms with van der Waals surface area (Å²) in [6.07, 6.45) is 4.76.